The molecule has 1 atom stereocenters. The monoisotopic (exact) mass is 395 g/mol. The molecule has 0 amide bonds. The molecule has 2 aromatic carbocycles. The summed E-state index contributed by atoms with van der Waals surface area (Å²) in [5.41, 5.74) is 6.32. The van der Waals surface area contributed by atoms with Gasteiger partial charge in [-0.3, -0.25) is 4.90 Å². The minimum absolute atomic E-state index is 0.339. The zero-order chi connectivity index (χ0) is 20.1. The highest BCUT2D eigenvalue weighted by atomic mass is 16.5. The van der Waals surface area contributed by atoms with Gasteiger partial charge in [-0.25, -0.2) is 0 Å². The molecule has 1 saturated carbocycles. The molecule has 0 spiro atoms. The Kier molecular flexibility index (Phi) is 4.58. The van der Waals surface area contributed by atoms with E-state index in [9.17, 15) is 0 Å². The van der Waals surface area contributed by atoms with Gasteiger partial charge in [0.25, 0.3) is 0 Å². The van der Waals surface area contributed by atoms with E-state index in [0.29, 0.717) is 12.0 Å². The highest BCUT2D eigenvalue weighted by Gasteiger charge is 2.37. The Morgan fingerprint density at radius 2 is 1.69 bits per heavy atom. The molecule has 5 nitrogen and oxygen atoms in total. The Hall–Kier alpha value is -2.40. The lowest BCUT2D eigenvalue weighted by Crippen LogP contribution is -2.35. The van der Waals surface area contributed by atoms with Crippen LogP contribution in [0.1, 0.15) is 35.6 Å². The molecule has 1 fully saturated rings. The fourth-order valence-corrected chi connectivity index (χ4v) is 4.82. The number of nitrogens with zero attached hydrogens (tertiary/aromatic N) is 1. The van der Waals surface area contributed by atoms with Crippen LogP contribution >= 0.6 is 0 Å². The number of hydrogen-bond acceptors (Lipinski definition) is 5. The van der Waals surface area contributed by atoms with Crippen LogP contribution in [0.4, 0.5) is 0 Å². The maximum atomic E-state index is 6.15. The predicted octanol–water partition coefficient (Wildman–Crippen LogP) is 4.25. The molecule has 5 rings (SSSR count). The third-order valence-electron chi connectivity index (χ3n) is 6.64. The number of rotatable bonds is 6. The second-order valence-electron chi connectivity index (χ2n) is 8.42. The van der Waals surface area contributed by atoms with E-state index in [1.165, 1.54) is 35.1 Å². The van der Waals surface area contributed by atoms with Crippen LogP contribution in [0, 0.1) is 5.92 Å². The molecule has 154 valence electrons. The molecular weight excluding hydrogens is 366 g/mol. The molecule has 0 bridgehead atoms. The lowest BCUT2D eigenvalue weighted by atomic mass is 9.76. The van der Waals surface area contributed by atoms with Gasteiger partial charge in [0.1, 0.15) is 0 Å². The molecule has 0 unspecified atom stereocenters. The summed E-state index contributed by atoms with van der Waals surface area (Å²) >= 11 is 0. The van der Waals surface area contributed by atoms with Gasteiger partial charge in [0, 0.05) is 18.2 Å². The van der Waals surface area contributed by atoms with E-state index in [1.54, 1.807) is 21.3 Å². The largest absolute Gasteiger partial charge is 0.493 e. The highest BCUT2D eigenvalue weighted by Crippen LogP contribution is 2.54. The van der Waals surface area contributed by atoms with Crippen LogP contribution in [0.3, 0.4) is 0 Å². The molecule has 3 aliphatic rings. The molecule has 2 aromatic rings. The van der Waals surface area contributed by atoms with Gasteiger partial charge in [0.2, 0.25) is 0 Å². The minimum Gasteiger partial charge on any atom is -0.493 e. The first-order chi connectivity index (χ1) is 14.1. The van der Waals surface area contributed by atoms with Crippen LogP contribution in [-0.2, 0) is 12.8 Å². The Morgan fingerprint density at radius 1 is 0.931 bits per heavy atom. The van der Waals surface area contributed by atoms with Crippen LogP contribution in [0.2, 0.25) is 0 Å². The van der Waals surface area contributed by atoms with Gasteiger partial charge in [0.15, 0.2) is 23.0 Å². The summed E-state index contributed by atoms with van der Waals surface area (Å²) in [5, 5.41) is 0. The predicted molar refractivity (Wildman–Crippen MR) is 113 cm³/mol. The minimum atomic E-state index is 0.339. The molecule has 0 saturated heterocycles. The topological polar surface area (TPSA) is 40.2 Å². The summed E-state index contributed by atoms with van der Waals surface area (Å²) in [6.45, 7) is 1.82. The maximum Gasteiger partial charge on any atom is 0.168 e. The van der Waals surface area contributed by atoms with E-state index in [2.05, 4.69) is 30.1 Å². The number of methoxy groups -OCH3 is 3. The van der Waals surface area contributed by atoms with E-state index >= 15 is 0 Å². The quantitative estimate of drug-likeness (QED) is 0.731. The summed E-state index contributed by atoms with van der Waals surface area (Å²) in [7, 11) is 7.36. The summed E-state index contributed by atoms with van der Waals surface area (Å²) in [5.74, 6) is 3.94. The van der Waals surface area contributed by atoms with Crippen LogP contribution in [0.25, 0.3) is 11.1 Å². The summed E-state index contributed by atoms with van der Waals surface area (Å²) in [6.07, 6.45) is 4.52. The average Bonchev–Trinajstić information content (AvgIpc) is 3.57. The molecule has 5 heteroatoms. The van der Waals surface area contributed by atoms with Gasteiger partial charge in [-0.1, -0.05) is 0 Å². The zero-order valence-electron chi connectivity index (χ0n) is 17.7. The van der Waals surface area contributed by atoms with Gasteiger partial charge in [-0.15, -0.1) is 0 Å². The SMILES string of the molecule is COc1cc2c(cc1OCC1CC1)C[C@H]1c3c(cc(OC)c(OC)c3-2)CCN1C. The van der Waals surface area contributed by atoms with Crippen LogP contribution in [0.5, 0.6) is 23.0 Å². The van der Waals surface area contributed by atoms with Crippen molar-refractivity contribution >= 4 is 0 Å². The molecular formula is C24H29NO4. The van der Waals surface area contributed by atoms with Gasteiger partial charge in [-0.05, 0) is 79.1 Å². The van der Waals surface area contributed by atoms with Gasteiger partial charge in [0.05, 0.1) is 27.9 Å². The Balaban J connectivity index is 1.70. The van der Waals surface area contributed by atoms with Crippen molar-refractivity contribution < 1.29 is 18.9 Å². The number of benzene rings is 2. The second kappa shape index (κ2) is 7.13. The molecule has 0 radical (unpaired) electrons. The standard InChI is InChI=1S/C24H29NO4/c1-25-8-7-15-10-21(27-3)24(28-4)23-17-12-19(26-2)20(29-13-14-5-6-14)11-16(17)9-18(25)22(15)23/h10-12,14,18H,5-9,13H2,1-4H3/t18-/m0/s1. The normalized spacial score (nSPS) is 19.9. The van der Waals surface area contributed by atoms with E-state index in [-0.39, 0.29) is 0 Å². The Morgan fingerprint density at radius 3 is 2.38 bits per heavy atom. The third kappa shape index (κ3) is 3.03. The van der Waals surface area contributed by atoms with Crippen molar-refractivity contribution in [3.05, 3.63) is 34.9 Å². The van der Waals surface area contributed by atoms with E-state index < -0.39 is 0 Å². The first kappa shape index (κ1) is 18.6. The van der Waals surface area contributed by atoms with Crippen LogP contribution < -0.4 is 18.9 Å². The Labute approximate surface area is 172 Å². The van der Waals surface area contributed by atoms with Crippen LogP contribution in [-0.4, -0.2) is 46.4 Å². The average molecular weight is 395 g/mol. The fourth-order valence-electron chi connectivity index (χ4n) is 4.82. The van der Waals surface area contributed by atoms with Gasteiger partial charge >= 0.3 is 0 Å². The zero-order valence-corrected chi connectivity index (χ0v) is 17.7. The number of likely N-dealkylation sites (N-methyl/N-ethyl adjacent to an activating group) is 1. The molecule has 2 aliphatic carbocycles. The second-order valence-corrected chi connectivity index (χ2v) is 8.42. The van der Waals surface area contributed by atoms with Crippen molar-refractivity contribution in [1.29, 1.82) is 0 Å². The van der Waals surface area contributed by atoms with Crippen LogP contribution in [0.15, 0.2) is 18.2 Å². The summed E-state index contributed by atoms with van der Waals surface area (Å²) in [6, 6.07) is 6.80. The number of hydrogen-bond donors (Lipinski definition) is 0. The smallest absolute Gasteiger partial charge is 0.168 e. The van der Waals surface area contributed by atoms with Crippen molar-refractivity contribution in [1.82, 2.24) is 4.90 Å². The Bertz CT molecular complexity index is 951. The number of ether oxygens (including phenoxy) is 4. The first-order valence-corrected chi connectivity index (χ1v) is 10.5. The van der Waals surface area contributed by atoms with Crippen molar-refractivity contribution in [2.24, 2.45) is 5.92 Å². The lowest BCUT2D eigenvalue weighted by Gasteiger charge is -2.40. The molecule has 0 aromatic heterocycles. The van der Waals surface area contributed by atoms with Gasteiger partial charge < -0.3 is 18.9 Å². The summed E-state index contributed by atoms with van der Waals surface area (Å²) in [4.78, 5) is 2.45. The lowest BCUT2D eigenvalue weighted by molar-refractivity contribution is 0.226. The molecule has 1 aliphatic heterocycles. The molecule has 1 heterocycles. The maximum absolute atomic E-state index is 6.15. The van der Waals surface area contributed by atoms with Gasteiger partial charge in [-0.2, -0.15) is 0 Å². The first-order valence-electron chi connectivity index (χ1n) is 10.5. The van der Waals surface area contributed by atoms with Crippen molar-refractivity contribution in [2.75, 3.05) is 41.5 Å². The van der Waals surface area contributed by atoms with Crippen molar-refractivity contribution in [3.63, 3.8) is 0 Å². The fraction of sp³-hybridized carbons (Fsp3) is 0.500. The third-order valence-corrected chi connectivity index (χ3v) is 6.64. The van der Waals surface area contributed by atoms with E-state index in [0.717, 1.165) is 54.6 Å². The van der Waals surface area contributed by atoms with E-state index in [1.807, 2.05) is 0 Å². The summed E-state index contributed by atoms with van der Waals surface area (Å²) < 4.78 is 23.4. The molecule has 29 heavy (non-hydrogen) atoms. The van der Waals surface area contributed by atoms with Crippen molar-refractivity contribution in [3.8, 4) is 34.1 Å². The number of fused-ring (bicyclic) bond motifs is 2. The molecule has 0 N–H and O–H groups in total. The van der Waals surface area contributed by atoms with E-state index in [4.69, 9.17) is 18.9 Å². The van der Waals surface area contributed by atoms with Crippen molar-refractivity contribution in [2.45, 2.75) is 31.7 Å². The highest BCUT2D eigenvalue weighted by molar-refractivity contribution is 5.85.